The highest BCUT2D eigenvalue weighted by Crippen LogP contribution is 2.30. The number of carbonyl (C=O) groups is 1. The average molecular weight is 315 g/mol. The van der Waals surface area contributed by atoms with E-state index in [0.29, 0.717) is 13.2 Å². The van der Waals surface area contributed by atoms with Crippen LogP contribution in [-0.4, -0.2) is 12.5 Å². The highest BCUT2D eigenvalue weighted by Gasteiger charge is 2.18. The first kappa shape index (κ1) is 15.3. The van der Waals surface area contributed by atoms with E-state index in [1.165, 1.54) is 16.9 Å². The molecule has 1 aromatic carbocycles. The van der Waals surface area contributed by atoms with Crippen molar-refractivity contribution in [3.63, 3.8) is 0 Å². The molecular formula is C18H21NO2S. The van der Waals surface area contributed by atoms with Crippen molar-refractivity contribution in [2.24, 2.45) is 0 Å². The minimum absolute atomic E-state index is 0.0396. The fourth-order valence-electron chi connectivity index (χ4n) is 2.68. The van der Waals surface area contributed by atoms with E-state index in [2.05, 4.69) is 23.5 Å². The Bertz CT molecular complexity index is 624. The number of fused-ring (bicyclic) bond motifs is 1. The molecule has 1 aliphatic rings. The number of aryl methyl sites for hydroxylation is 2. The number of amides is 1. The van der Waals surface area contributed by atoms with E-state index < -0.39 is 0 Å². The van der Waals surface area contributed by atoms with Crippen molar-refractivity contribution in [2.45, 2.75) is 39.3 Å². The summed E-state index contributed by atoms with van der Waals surface area (Å²) in [5, 5.41) is 3.01. The molecule has 1 heterocycles. The quantitative estimate of drug-likeness (QED) is 0.882. The van der Waals surface area contributed by atoms with E-state index in [1.807, 2.05) is 19.1 Å². The van der Waals surface area contributed by atoms with Gasteiger partial charge in [-0.3, -0.25) is 4.79 Å². The molecule has 4 heteroatoms. The van der Waals surface area contributed by atoms with Crippen molar-refractivity contribution in [2.75, 3.05) is 6.61 Å². The van der Waals surface area contributed by atoms with Gasteiger partial charge >= 0.3 is 0 Å². The molecule has 0 spiro atoms. The van der Waals surface area contributed by atoms with Gasteiger partial charge in [0.15, 0.2) is 0 Å². The van der Waals surface area contributed by atoms with Crippen LogP contribution in [0, 0.1) is 0 Å². The standard InChI is InChI=1S/C18H21NO2S/c1-2-21-12-14-8-6-13(7-9-14)11-19-18(20)17-10-15-4-3-5-16(15)22-17/h6-10H,2-5,11-12H2,1H3,(H,19,20). The first-order valence-electron chi connectivity index (χ1n) is 7.81. The normalized spacial score (nSPS) is 13.1. The first-order chi connectivity index (χ1) is 10.8. The molecule has 1 aromatic heterocycles. The number of nitrogens with one attached hydrogen (secondary N) is 1. The van der Waals surface area contributed by atoms with E-state index in [-0.39, 0.29) is 5.91 Å². The largest absolute Gasteiger partial charge is 0.377 e. The smallest absolute Gasteiger partial charge is 0.261 e. The number of thiophene rings is 1. The van der Waals surface area contributed by atoms with Crippen LogP contribution >= 0.6 is 11.3 Å². The summed E-state index contributed by atoms with van der Waals surface area (Å²) in [4.78, 5) is 14.5. The molecule has 116 valence electrons. The SMILES string of the molecule is CCOCc1ccc(CNC(=O)c2cc3c(s2)CCC3)cc1. The molecule has 1 amide bonds. The summed E-state index contributed by atoms with van der Waals surface area (Å²) in [7, 11) is 0. The van der Waals surface area contributed by atoms with E-state index >= 15 is 0 Å². The molecule has 22 heavy (non-hydrogen) atoms. The third-order valence-electron chi connectivity index (χ3n) is 3.92. The topological polar surface area (TPSA) is 38.3 Å². The summed E-state index contributed by atoms with van der Waals surface area (Å²) in [6.07, 6.45) is 3.49. The third kappa shape index (κ3) is 3.57. The number of hydrogen-bond acceptors (Lipinski definition) is 3. The Hall–Kier alpha value is -1.65. The summed E-state index contributed by atoms with van der Waals surface area (Å²) in [6.45, 7) is 3.92. The van der Waals surface area contributed by atoms with Crippen LogP contribution in [0.15, 0.2) is 30.3 Å². The first-order valence-corrected chi connectivity index (χ1v) is 8.63. The van der Waals surface area contributed by atoms with E-state index in [4.69, 9.17) is 4.74 Å². The van der Waals surface area contributed by atoms with Crippen molar-refractivity contribution in [1.82, 2.24) is 5.32 Å². The molecule has 3 rings (SSSR count). The fourth-order valence-corrected chi connectivity index (χ4v) is 3.85. The molecule has 0 fully saturated rings. The zero-order valence-electron chi connectivity index (χ0n) is 12.9. The highest BCUT2D eigenvalue weighted by atomic mass is 32.1. The van der Waals surface area contributed by atoms with Gasteiger partial charge in [-0.1, -0.05) is 24.3 Å². The van der Waals surface area contributed by atoms with Crippen molar-refractivity contribution in [1.29, 1.82) is 0 Å². The number of ether oxygens (including phenoxy) is 1. The Morgan fingerprint density at radius 1 is 1.23 bits per heavy atom. The molecule has 3 nitrogen and oxygen atoms in total. The molecule has 0 aliphatic heterocycles. The minimum Gasteiger partial charge on any atom is -0.377 e. The van der Waals surface area contributed by atoms with Gasteiger partial charge in [0.05, 0.1) is 11.5 Å². The molecule has 1 N–H and O–H groups in total. The van der Waals surface area contributed by atoms with E-state index in [9.17, 15) is 4.79 Å². The zero-order valence-corrected chi connectivity index (χ0v) is 13.7. The van der Waals surface area contributed by atoms with Crippen LogP contribution in [0.5, 0.6) is 0 Å². The van der Waals surface area contributed by atoms with E-state index in [1.54, 1.807) is 11.3 Å². The molecule has 0 radical (unpaired) electrons. The number of carbonyl (C=O) groups excluding carboxylic acids is 1. The lowest BCUT2D eigenvalue weighted by atomic mass is 10.1. The maximum Gasteiger partial charge on any atom is 0.261 e. The van der Waals surface area contributed by atoms with Gasteiger partial charge < -0.3 is 10.1 Å². The van der Waals surface area contributed by atoms with Crippen molar-refractivity contribution in [3.05, 3.63) is 56.8 Å². The molecule has 1 aliphatic carbocycles. The summed E-state index contributed by atoms with van der Waals surface area (Å²) < 4.78 is 5.38. The van der Waals surface area contributed by atoms with Crippen LogP contribution in [0.25, 0.3) is 0 Å². The van der Waals surface area contributed by atoms with Gasteiger partial charge in [0, 0.05) is 18.0 Å². The van der Waals surface area contributed by atoms with Gasteiger partial charge in [-0.25, -0.2) is 0 Å². The minimum atomic E-state index is 0.0396. The van der Waals surface area contributed by atoms with Gasteiger partial charge in [0.1, 0.15) is 0 Å². The summed E-state index contributed by atoms with van der Waals surface area (Å²) in [5.74, 6) is 0.0396. The number of hydrogen-bond donors (Lipinski definition) is 1. The second-order valence-electron chi connectivity index (χ2n) is 5.55. The second-order valence-corrected chi connectivity index (χ2v) is 6.69. The maximum absolute atomic E-state index is 12.2. The lowest BCUT2D eigenvalue weighted by Crippen LogP contribution is -2.21. The van der Waals surface area contributed by atoms with Crippen LogP contribution in [0.2, 0.25) is 0 Å². The Morgan fingerprint density at radius 2 is 2.00 bits per heavy atom. The summed E-state index contributed by atoms with van der Waals surface area (Å²) in [5.41, 5.74) is 3.64. The van der Waals surface area contributed by atoms with Crippen LogP contribution in [0.4, 0.5) is 0 Å². The average Bonchev–Trinajstić information content (AvgIpc) is 3.13. The molecular weight excluding hydrogens is 294 g/mol. The van der Waals surface area contributed by atoms with Gasteiger partial charge in [-0.2, -0.15) is 0 Å². The maximum atomic E-state index is 12.2. The number of rotatable bonds is 6. The molecule has 0 unspecified atom stereocenters. The Morgan fingerprint density at radius 3 is 2.73 bits per heavy atom. The van der Waals surface area contributed by atoms with Crippen LogP contribution in [-0.2, 0) is 30.7 Å². The van der Waals surface area contributed by atoms with Crippen molar-refractivity contribution < 1.29 is 9.53 Å². The Kier molecular flexibility index (Phi) is 4.90. The van der Waals surface area contributed by atoms with Crippen molar-refractivity contribution in [3.8, 4) is 0 Å². The molecule has 0 bridgehead atoms. The third-order valence-corrected chi connectivity index (χ3v) is 5.16. The van der Waals surface area contributed by atoms with Gasteiger partial charge in [-0.15, -0.1) is 11.3 Å². The summed E-state index contributed by atoms with van der Waals surface area (Å²) in [6, 6.07) is 10.3. The van der Waals surface area contributed by atoms with Gasteiger partial charge in [0.25, 0.3) is 5.91 Å². The van der Waals surface area contributed by atoms with Crippen LogP contribution < -0.4 is 5.32 Å². The molecule has 0 saturated carbocycles. The molecule has 0 saturated heterocycles. The van der Waals surface area contributed by atoms with E-state index in [0.717, 1.165) is 35.5 Å². The molecule has 0 atom stereocenters. The van der Waals surface area contributed by atoms with Crippen LogP contribution in [0.1, 0.15) is 44.6 Å². The second kappa shape index (κ2) is 7.07. The zero-order chi connectivity index (χ0) is 15.4. The lowest BCUT2D eigenvalue weighted by Gasteiger charge is -2.06. The Balaban J connectivity index is 1.54. The molecule has 2 aromatic rings. The Labute approximate surface area is 135 Å². The number of benzene rings is 1. The predicted molar refractivity (Wildman–Crippen MR) is 89.3 cm³/mol. The van der Waals surface area contributed by atoms with Crippen LogP contribution in [0.3, 0.4) is 0 Å². The fraction of sp³-hybridized carbons (Fsp3) is 0.389. The van der Waals surface area contributed by atoms with Gasteiger partial charge in [0.2, 0.25) is 0 Å². The predicted octanol–water partition coefficient (Wildman–Crippen LogP) is 3.70. The van der Waals surface area contributed by atoms with Gasteiger partial charge in [-0.05, 0) is 48.9 Å². The monoisotopic (exact) mass is 315 g/mol. The lowest BCUT2D eigenvalue weighted by molar-refractivity contribution is 0.0955. The summed E-state index contributed by atoms with van der Waals surface area (Å²) >= 11 is 1.65. The van der Waals surface area contributed by atoms with Crippen molar-refractivity contribution >= 4 is 17.2 Å². The highest BCUT2D eigenvalue weighted by molar-refractivity contribution is 7.14.